The van der Waals surface area contributed by atoms with E-state index < -0.39 is 17.7 Å². The molecule has 1 aliphatic rings. The van der Waals surface area contributed by atoms with Crippen molar-refractivity contribution in [2.45, 2.75) is 19.4 Å². The number of ether oxygens (including phenoxy) is 2. The fraction of sp³-hybridized carbons (Fsp3) is 0.304. The minimum absolute atomic E-state index is 0.0772. The summed E-state index contributed by atoms with van der Waals surface area (Å²) in [5.74, 6) is -0.876. The zero-order chi connectivity index (χ0) is 21.7. The number of Topliss-reactive ketones (excluding diaryl/α,β-unsaturated/α-hetero) is 1. The summed E-state index contributed by atoms with van der Waals surface area (Å²) >= 11 is 3.36. The van der Waals surface area contributed by atoms with Gasteiger partial charge in [-0.3, -0.25) is 9.59 Å². The summed E-state index contributed by atoms with van der Waals surface area (Å²) in [6.45, 7) is 3.17. The highest BCUT2D eigenvalue weighted by Crippen LogP contribution is 2.40. The van der Waals surface area contributed by atoms with Crippen LogP contribution in [0.15, 0.2) is 58.6 Å². The second kappa shape index (κ2) is 9.91. The molecule has 0 aliphatic carbocycles. The first-order valence-corrected chi connectivity index (χ1v) is 10.5. The molecule has 6 nitrogen and oxygen atoms in total. The van der Waals surface area contributed by atoms with Gasteiger partial charge in [-0.05, 0) is 43.2 Å². The molecule has 1 fully saturated rings. The number of carbonyl (C=O) groups is 2. The summed E-state index contributed by atoms with van der Waals surface area (Å²) in [4.78, 5) is 27.3. The Labute approximate surface area is 184 Å². The van der Waals surface area contributed by atoms with Crippen molar-refractivity contribution in [1.82, 2.24) is 4.90 Å². The second-order valence-electron chi connectivity index (χ2n) is 6.85. The molecule has 30 heavy (non-hydrogen) atoms. The van der Waals surface area contributed by atoms with E-state index in [1.807, 2.05) is 25.1 Å². The van der Waals surface area contributed by atoms with Crippen molar-refractivity contribution in [2.24, 2.45) is 0 Å². The van der Waals surface area contributed by atoms with Crippen LogP contribution in [-0.2, 0) is 14.3 Å². The molecule has 2 aromatic carbocycles. The molecule has 7 heteroatoms. The van der Waals surface area contributed by atoms with Gasteiger partial charge in [0, 0.05) is 30.3 Å². The van der Waals surface area contributed by atoms with Gasteiger partial charge in [-0.1, -0.05) is 40.2 Å². The Bertz CT molecular complexity index is 954. The zero-order valence-corrected chi connectivity index (χ0v) is 18.5. The van der Waals surface area contributed by atoms with Crippen LogP contribution >= 0.6 is 15.9 Å². The van der Waals surface area contributed by atoms with Crippen LogP contribution in [0.5, 0.6) is 5.75 Å². The third kappa shape index (κ3) is 4.57. The van der Waals surface area contributed by atoms with Crippen LogP contribution in [0.4, 0.5) is 0 Å². The highest BCUT2D eigenvalue weighted by Gasteiger charge is 2.45. The first kappa shape index (κ1) is 22.1. The first-order chi connectivity index (χ1) is 14.5. The van der Waals surface area contributed by atoms with Gasteiger partial charge in [0.05, 0.1) is 18.2 Å². The lowest BCUT2D eigenvalue weighted by Crippen LogP contribution is -2.31. The molecule has 1 aliphatic heterocycles. The molecule has 1 amide bonds. The number of rotatable bonds is 8. The predicted molar refractivity (Wildman–Crippen MR) is 117 cm³/mol. The molecule has 1 unspecified atom stereocenters. The number of methoxy groups -OCH3 is 1. The first-order valence-electron chi connectivity index (χ1n) is 9.74. The van der Waals surface area contributed by atoms with Crippen molar-refractivity contribution in [1.29, 1.82) is 0 Å². The molecule has 0 saturated carbocycles. The van der Waals surface area contributed by atoms with E-state index in [1.165, 1.54) is 4.90 Å². The fourth-order valence-corrected chi connectivity index (χ4v) is 3.81. The van der Waals surface area contributed by atoms with E-state index in [1.54, 1.807) is 37.4 Å². The number of nitrogens with zero attached hydrogens (tertiary/aromatic N) is 1. The second-order valence-corrected chi connectivity index (χ2v) is 7.77. The summed E-state index contributed by atoms with van der Waals surface area (Å²) in [6.07, 6.45) is 0.573. The van der Waals surface area contributed by atoms with Crippen molar-refractivity contribution >= 4 is 33.4 Å². The third-order valence-electron chi connectivity index (χ3n) is 4.89. The molecule has 0 bridgehead atoms. The smallest absolute Gasteiger partial charge is 0.295 e. The van der Waals surface area contributed by atoms with Crippen molar-refractivity contribution in [2.75, 3.05) is 26.9 Å². The number of halogens is 1. The van der Waals surface area contributed by atoms with Crippen LogP contribution < -0.4 is 4.74 Å². The Morgan fingerprint density at radius 3 is 2.57 bits per heavy atom. The van der Waals surface area contributed by atoms with E-state index in [4.69, 9.17) is 9.47 Å². The van der Waals surface area contributed by atoms with E-state index in [0.717, 1.165) is 4.47 Å². The molecule has 0 radical (unpaired) electrons. The van der Waals surface area contributed by atoms with Crippen LogP contribution in [0.25, 0.3) is 5.76 Å². The number of ketones is 1. The lowest BCUT2D eigenvalue weighted by molar-refractivity contribution is -0.140. The van der Waals surface area contributed by atoms with E-state index in [-0.39, 0.29) is 11.3 Å². The van der Waals surface area contributed by atoms with Gasteiger partial charge in [0.25, 0.3) is 11.7 Å². The Morgan fingerprint density at radius 1 is 1.17 bits per heavy atom. The van der Waals surface area contributed by atoms with E-state index in [9.17, 15) is 14.7 Å². The van der Waals surface area contributed by atoms with Crippen molar-refractivity contribution in [3.63, 3.8) is 0 Å². The van der Waals surface area contributed by atoms with Crippen molar-refractivity contribution < 1.29 is 24.2 Å². The van der Waals surface area contributed by atoms with Crippen LogP contribution in [0, 0.1) is 0 Å². The average Bonchev–Trinajstić information content (AvgIpc) is 2.99. The van der Waals surface area contributed by atoms with Crippen LogP contribution in [-0.4, -0.2) is 48.6 Å². The highest BCUT2D eigenvalue weighted by atomic mass is 79.9. The maximum atomic E-state index is 12.9. The minimum Gasteiger partial charge on any atom is -0.507 e. The molecule has 3 rings (SSSR count). The van der Waals surface area contributed by atoms with Gasteiger partial charge in [0.2, 0.25) is 0 Å². The van der Waals surface area contributed by atoms with E-state index in [2.05, 4.69) is 15.9 Å². The maximum Gasteiger partial charge on any atom is 0.295 e. The van der Waals surface area contributed by atoms with Gasteiger partial charge < -0.3 is 19.5 Å². The van der Waals surface area contributed by atoms with Crippen LogP contribution in [0.3, 0.4) is 0 Å². The summed E-state index contributed by atoms with van der Waals surface area (Å²) in [5.41, 5.74) is 1.25. The lowest BCUT2D eigenvalue weighted by atomic mass is 9.95. The number of carbonyl (C=O) groups excluding carboxylic acids is 2. The number of aliphatic hydroxyl groups is 1. The largest absolute Gasteiger partial charge is 0.507 e. The number of aliphatic hydroxyl groups excluding tert-OH is 1. The predicted octanol–water partition coefficient (Wildman–Crippen LogP) is 4.31. The van der Waals surface area contributed by atoms with Gasteiger partial charge in [-0.2, -0.15) is 0 Å². The van der Waals surface area contributed by atoms with Gasteiger partial charge in [0.1, 0.15) is 11.5 Å². The average molecular weight is 474 g/mol. The van der Waals surface area contributed by atoms with E-state index >= 15 is 0 Å². The van der Waals surface area contributed by atoms with Crippen molar-refractivity contribution in [3.05, 3.63) is 69.7 Å². The Hall–Kier alpha value is -2.64. The number of hydrogen-bond donors (Lipinski definition) is 1. The highest BCUT2D eigenvalue weighted by molar-refractivity contribution is 9.10. The number of benzene rings is 2. The van der Waals surface area contributed by atoms with Gasteiger partial charge in [-0.15, -0.1) is 0 Å². The number of likely N-dealkylation sites (tertiary alicyclic amines) is 1. The topological polar surface area (TPSA) is 76.1 Å². The molecular weight excluding hydrogens is 450 g/mol. The number of amides is 1. The summed E-state index contributed by atoms with van der Waals surface area (Å²) in [6, 6.07) is 13.5. The Morgan fingerprint density at radius 2 is 1.90 bits per heavy atom. The minimum atomic E-state index is -0.703. The SMILES string of the molecule is CCOc1cccc(C2/C(=C(/O)c3ccc(Br)cc3)C(=O)C(=O)N2CCCOC)c1. The Kier molecular flexibility index (Phi) is 7.29. The molecule has 1 N–H and O–H groups in total. The van der Waals surface area contributed by atoms with Gasteiger partial charge in [-0.25, -0.2) is 0 Å². The summed E-state index contributed by atoms with van der Waals surface area (Å²) in [5, 5.41) is 11.0. The lowest BCUT2D eigenvalue weighted by Gasteiger charge is -2.25. The standard InChI is InChI=1S/C23H24BrNO5/c1-3-30-18-7-4-6-16(14-18)20-19(21(26)15-8-10-17(24)11-9-15)22(27)23(28)25(20)12-5-13-29-2/h4,6-11,14,20,26H,3,5,12-13H2,1-2H3/b21-19-. The molecule has 158 valence electrons. The molecule has 0 aromatic heterocycles. The van der Waals surface area contributed by atoms with Crippen LogP contribution in [0.2, 0.25) is 0 Å². The van der Waals surface area contributed by atoms with Gasteiger partial charge in [0.15, 0.2) is 0 Å². The molecule has 1 heterocycles. The summed E-state index contributed by atoms with van der Waals surface area (Å²) in [7, 11) is 1.59. The number of hydrogen-bond acceptors (Lipinski definition) is 5. The summed E-state index contributed by atoms with van der Waals surface area (Å²) < 4.78 is 11.5. The normalized spacial score (nSPS) is 18.1. The van der Waals surface area contributed by atoms with Gasteiger partial charge >= 0.3 is 0 Å². The molecule has 2 aromatic rings. The zero-order valence-electron chi connectivity index (χ0n) is 16.9. The molecule has 0 spiro atoms. The molecule has 1 atom stereocenters. The molecular formula is C23H24BrNO5. The fourth-order valence-electron chi connectivity index (χ4n) is 3.54. The quantitative estimate of drug-likeness (QED) is 0.267. The van der Waals surface area contributed by atoms with Crippen molar-refractivity contribution in [3.8, 4) is 5.75 Å². The monoisotopic (exact) mass is 473 g/mol. The maximum absolute atomic E-state index is 12.9. The van der Waals surface area contributed by atoms with E-state index in [0.29, 0.717) is 43.1 Å². The third-order valence-corrected chi connectivity index (χ3v) is 5.42. The van der Waals surface area contributed by atoms with Crippen LogP contribution in [0.1, 0.15) is 30.5 Å². The molecule has 1 saturated heterocycles. The Balaban J connectivity index is 2.11.